The van der Waals surface area contributed by atoms with Crippen molar-refractivity contribution in [2.45, 2.75) is 66.6 Å². The van der Waals surface area contributed by atoms with Crippen molar-refractivity contribution < 1.29 is 0 Å². The first-order valence-electron chi connectivity index (χ1n) is 6.62. The number of rotatable bonds is 5. The highest BCUT2D eigenvalue weighted by Gasteiger charge is 2.19. The molecule has 0 aromatic carbocycles. The molecule has 0 fully saturated rings. The van der Waals surface area contributed by atoms with Crippen LogP contribution in [0, 0.1) is 5.41 Å². The van der Waals surface area contributed by atoms with Gasteiger partial charge in [-0.3, -0.25) is 4.68 Å². The zero-order chi connectivity index (χ0) is 13.1. The lowest BCUT2D eigenvalue weighted by atomic mass is 9.88. The summed E-state index contributed by atoms with van der Waals surface area (Å²) in [7, 11) is 0. The maximum atomic E-state index is 4.59. The zero-order valence-electron chi connectivity index (χ0n) is 12.1. The van der Waals surface area contributed by atoms with Gasteiger partial charge in [0.25, 0.3) is 0 Å². The molecule has 2 atom stereocenters. The molecular weight excluding hydrogens is 210 g/mol. The van der Waals surface area contributed by atoms with Crippen LogP contribution in [0.4, 0.5) is 0 Å². The number of hydrogen-bond acceptors (Lipinski definition) is 2. The molecule has 17 heavy (non-hydrogen) atoms. The van der Waals surface area contributed by atoms with E-state index in [0.29, 0.717) is 17.5 Å². The molecule has 0 bridgehead atoms. The SMILES string of the molecule is CCC(C)n1ccc(CNC(C)C(C)(C)C)n1. The minimum atomic E-state index is 0.291. The largest absolute Gasteiger partial charge is 0.308 e. The van der Waals surface area contributed by atoms with Crippen molar-refractivity contribution in [3.8, 4) is 0 Å². The van der Waals surface area contributed by atoms with Crippen molar-refractivity contribution in [2.24, 2.45) is 5.41 Å². The number of nitrogens with one attached hydrogen (secondary N) is 1. The van der Waals surface area contributed by atoms with Gasteiger partial charge in [-0.1, -0.05) is 27.7 Å². The summed E-state index contributed by atoms with van der Waals surface area (Å²) in [6.45, 7) is 14.2. The molecule has 1 aromatic rings. The summed E-state index contributed by atoms with van der Waals surface area (Å²) in [5.74, 6) is 0. The van der Waals surface area contributed by atoms with Crippen molar-refractivity contribution in [1.82, 2.24) is 15.1 Å². The Morgan fingerprint density at radius 2 is 2.00 bits per heavy atom. The molecule has 3 nitrogen and oxygen atoms in total. The minimum Gasteiger partial charge on any atom is -0.308 e. The van der Waals surface area contributed by atoms with E-state index in [1.54, 1.807) is 0 Å². The molecule has 0 aliphatic heterocycles. The highest BCUT2D eigenvalue weighted by Crippen LogP contribution is 2.18. The predicted octanol–water partition coefficient (Wildman–Crippen LogP) is 3.38. The Balaban J connectivity index is 2.50. The van der Waals surface area contributed by atoms with Gasteiger partial charge in [0.15, 0.2) is 0 Å². The maximum Gasteiger partial charge on any atom is 0.0762 e. The van der Waals surface area contributed by atoms with Crippen LogP contribution in [0.1, 0.15) is 59.7 Å². The van der Waals surface area contributed by atoms with Crippen LogP contribution in [-0.2, 0) is 6.54 Å². The number of hydrogen-bond donors (Lipinski definition) is 1. The summed E-state index contributed by atoms with van der Waals surface area (Å²) in [5, 5.41) is 8.12. The van der Waals surface area contributed by atoms with Crippen molar-refractivity contribution in [3.63, 3.8) is 0 Å². The van der Waals surface area contributed by atoms with Crippen molar-refractivity contribution in [1.29, 1.82) is 0 Å². The molecule has 0 saturated carbocycles. The second-order valence-electron chi connectivity index (χ2n) is 6.01. The lowest BCUT2D eigenvalue weighted by Crippen LogP contribution is -2.37. The molecule has 1 rings (SSSR count). The van der Waals surface area contributed by atoms with Gasteiger partial charge in [-0.2, -0.15) is 5.10 Å². The predicted molar refractivity (Wildman–Crippen MR) is 73.0 cm³/mol. The van der Waals surface area contributed by atoms with E-state index in [0.717, 1.165) is 18.7 Å². The summed E-state index contributed by atoms with van der Waals surface area (Å²) in [5.41, 5.74) is 1.42. The van der Waals surface area contributed by atoms with Gasteiger partial charge in [0.05, 0.1) is 5.69 Å². The summed E-state index contributed by atoms with van der Waals surface area (Å²) < 4.78 is 2.05. The first kappa shape index (κ1) is 14.2. The van der Waals surface area contributed by atoms with Crippen LogP contribution in [0.3, 0.4) is 0 Å². The molecule has 98 valence electrons. The number of aromatic nitrogens is 2. The average molecular weight is 237 g/mol. The highest BCUT2D eigenvalue weighted by atomic mass is 15.3. The van der Waals surface area contributed by atoms with E-state index in [-0.39, 0.29) is 0 Å². The van der Waals surface area contributed by atoms with Gasteiger partial charge in [-0.25, -0.2) is 0 Å². The molecule has 0 radical (unpaired) electrons. The fourth-order valence-electron chi connectivity index (χ4n) is 1.47. The smallest absolute Gasteiger partial charge is 0.0762 e. The van der Waals surface area contributed by atoms with Gasteiger partial charge in [0.2, 0.25) is 0 Å². The van der Waals surface area contributed by atoms with Crippen LogP contribution in [0.5, 0.6) is 0 Å². The molecule has 0 aliphatic carbocycles. The van der Waals surface area contributed by atoms with E-state index in [1.165, 1.54) is 0 Å². The van der Waals surface area contributed by atoms with Gasteiger partial charge in [0, 0.05) is 24.8 Å². The Kier molecular flexibility index (Phi) is 4.75. The first-order valence-corrected chi connectivity index (χ1v) is 6.62. The Labute approximate surface area is 106 Å². The monoisotopic (exact) mass is 237 g/mol. The summed E-state index contributed by atoms with van der Waals surface area (Å²) in [6.07, 6.45) is 3.19. The molecule has 1 aromatic heterocycles. The van der Waals surface area contributed by atoms with E-state index in [4.69, 9.17) is 0 Å². The highest BCUT2D eigenvalue weighted by molar-refractivity contribution is 4.99. The van der Waals surface area contributed by atoms with E-state index < -0.39 is 0 Å². The molecular formula is C14H27N3. The van der Waals surface area contributed by atoms with Crippen LogP contribution in [0.15, 0.2) is 12.3 Å². The summed E-state index contributed by atoms with van der Waals surface area (Å²) >= 11 is 0. The lowest BCUT2D eigenvalue weighted by molar-refractivity contribution is 0.284. The second kappa shape index (κ2) is 5.67. The summed E-state index contributed by atoms with van der Waals surface area (Å²) in [4.78, 5) is 0. The molecule has 0 spiro atoms. The fraction of sp³-hybridized carbons (Fsp3) is 0.786. The van der Waals surface area contributed by atoms with Crippen LogP contribution in [0.25, 0.3) is 0 Å². The van der Waals surface area contributed by atoms with Gasteiger partial charge < -0.3 is 5.32 Å². The molecule has 0 amide bonds. The molecule has 3 heteroatoms. The molecule has 0 aliphatic rings. The van der Waals surface area contributed by atoms with Crippen LogP contribution in [0.2, 0.25) is 0 Å². The van der Waals surface area contributed by atoms with Crippen molar-refractivity contribution >= 4 is 0 Å². The van der Waals surface area contributed by atoms with Gasteiger partial charge >= 0.3 is 0 Å². The lowest BCUT2D eigenvalue weighted by Gasteiger charge is -2.27. The third-order valence-corrected chi connectivity index (χ3v) is 3.59. The quantitative estimate of drug-likeness (QED) is 0.851. The molecule has 1 heterocycles. The van der Waals surface area contributed by atoms with Gasteiger partial charge in [-0.15, -0.1) is 0 Å². The summed E-state index contributed by atoms with van der Waals surface area (Å²) in [6, 6.07) is 3.08. The normalized spacial score (nSPS) is 15.9. The van der Waals surface area contributed by atoms with E-state index in [1.807, 2.05) is 0 Å². The topological polar surface area (TPSA) is 29.9 Å². The van der Waals surface area contributed by atoms with Crippen molar-refractivity contribution in [2.75, 3.05) is 0 Å². The van der Waals surface area contributed by atoms with E-state index >= 15 is 0 Å². The Bertz CT molecular complexity index is 335. The molecule has 0 saturated heterocycles. The molecule has 1 N–H and O–H groups in total. The Hall–Kier alpha value is -0.830. The zero-order valence-corrected chi connectivity index (χ0v) is 12.1. The fourth-order valence-corrected chi connectivity index (χ4v) is 1.47. The van der Waals surface area contributed by atoms with Crippen LogP contribution >= 0.6 is 0 Å². The molecule has 2 unspecified atom stereocenters. The number of nitrogens with zero attached hydrogens (tertiary/aromatic N) is 2. The van der Waals surface area contributed by atoms with Crippen LogP contribution < -0.4 is 5.32 Å². The second-order valence-corrected chi connectivity index (χ2v) is 6.01. The maximum absolute atomic E-state index is 4.59. The first-order chi connectivity index (χ1) is 7.84. The Morgan fingerprint density at radius 1 is 1.35 bits per heavy atom. The van der Waals surface area contributed by atoms with Crippen LogP contribution in [-0.4, -0.2) is 15.8 Å². The average Bonchev–Trinajstić information content (AvgIpc) is 2.72. The van der Waals surface area contributed by atoms with E-state index in [9.17, 15) is 0 Å². The minimum absolute atomic E-state index is 0.291. The third-order valence-electron chi connectivity index (χ3n) is 3.59. The van der Waals surface area contributed by atoms with Crippen molar-refractivity contribution in [3.05, 3.63) is 18.0 Å². The third kappa shape index (κ3) is 4.15. The van der Waals surface area contributed by atoms with Gasteiger partial charge in [0.1, 0.15) is 0 Å². The van der Waals surface area contributed by atoms with Gasteiger partial charge in [-0.05, 0) is 31.7 Å². The van der Waals surface area contributed by atoms with E-state index in [2.05, 4.69) is 68.9 Å². The Morgan fingerprint density at radius 3 is 2.53 bits per heavy atom. The standard InChI is InChI=1S/C14H27N3/c1-7-11(2)17-9-8-13(16-17)10-15-12(3)14(4,5)6/h8-9,11-12,15H,7,10H2,1-6H3.